The first-order valence-corrected chi connectivity index (χ1v) is 5.71. The zero-order valence-electron chi connectivity index (χ0n) is 9.46. The molecule has 0 spiro atoms. The van der Waals surface area contributed by atoms with Crippen LogP contribution in [-0.4, -0.2) is 29.1 Å². The number of rotatable bonds is 6. The number of hydrogen-bond donors (Lipinski definition) is 2. The van der Waals surface area contributed by atoms with Crippen molar-refractivity contribution in [3.8, 4) is 0 Å². The van der Waals surface area contributed by atoms with Crippen LogP contribution in [0.4, 0.5) is 10.2 Å². The molecule has 1 fully saturated rings. The van der Waals surface area contributed by atoms with Crippen molar-refractivity contribution in [2.24, 2.45) is 0 Å². The molecule has 1 heterocycles. The van der Waals surface area contributed by atoms with Crippen LogP contribution < -0.4 is 10.6 Å². The molecule has 0 radical (unpaired) electrons. The molecule has 0 aromatic carbocycles. The molecule has 1 aromatic heterocycles. The molecule has 0 amide bonds. The van der Waals surface area contributed by atoms with Gasteiger partial charge in [0.15, 0.2) is 11.6 Å². The van der Waals surface area contributed by atoms with Gasteiger partial charge in [0.2, 0.25) is 0 Å². The zero-order chi connectivity index (χ0) is 11.4. The number of halogens is 1. The predicted molar refractivity (Wildman–Crippen MR) is 60.9 cm³/mol. The van der Waals surface area contributed by atoms with Crippen LogP contribution >= 0.6 is 0 Å². The maximum atomic E-state index is 13.4. The van der Waals surface area contributed by atoms with Crippen molar-refractivity contribution >= 4 is 5.82 Å². The number of nitrogens with zero attached hydrogens (tertiary/aromatic N) is 2. The Labute approximate surface area is 94.7 Å². The van der Waals surface area contributed by atoms with Gasteiger partial charge in [0.1, 0.15) is 6.33 Å². The Hall–Kier alpha value is -1.23. The van der Waals surface area contributed by atoms with Gasteiger partial charge in [-0.15, -0.1) is 0 Å². The second-order valence-corrected chi connectivity index (χ2v) is 4.13. The zero-order valence-corrected chi connectivity index (χ0v) is 9.46. The summed E-state index contributed by atoms with van der Waals surface area (Å²) in [4.78, 5) is 7.64. The van der Waals surface area contributed by atoms with Crippen molar-refractivity contribution in [3.63, 3.8) is 0 Å². The minimum atomic E-state index is -0.349. The summed E-state index contributed by atoms with van der Waals surface area (Å²) in [5.41, 5.74) is 0.383. The smallest absolute Gasteiger partial charge is 0.186 e. The number of aromatic nitrogens is 2. The van der Waals surface area contributed by atoms with E-state index >= 15 is 0 Å². The summed E-state index contributed by atoms with van der Waals surface area (Å²) in [5.74, 6) is -0.0448. The highest BCUT2D eigenvalue weighted by atomic mass is 19.1. The molecule has 2 rings (SSSR count). The molecule has 1 aliphatic carbocycles. The van der Waals surface area contributed by atoms with Crippen molar-refractivity contribution in [3.05, 3.63) is 17.8 Å². The lowest BCUT2D eigenvalue weighted by Gasteiger charge is -2.07. The molecule has 16 heavy (non-hydrogen) atoms. The largest absolute Gasteiger partial charge is 0.367 e. The predicted octanol–water partition coefficient (Wildman–Crippen LogP) is 1.48. The molecule has 0 saturated heterocycles. The first kappa shape index (κ1) is 11.3. The summed E-state index contributed by atoms with van der Waals surface area (Å²) < 4.78 is 13.4. The van der Waals surface area contributed by atoms with Crippen LogP contribution in [0.15, 0.2) is 6.33 Å². The summed E-state index contributed by atoms with van der Waals surface area (Å²) in [5, 5.41) is 6.38. The molecule has 2 N–H and O–H groups in total. The first-order valence-electron chi connectivity index (χ1n) is 5.71. The Bertz CT molecular complexity index is 352. The van der Waals surface area contributed by atoms with Crippen LogP contribution in [0.2, 0.25) is 0 Å². The van der Waals surface area contributed by atoms with Gasteiger partial charge in [0, 0.05) is 12.6 Å². The van der Waals surface area contributed by atoms with E-state index in [9.17, 15) is 4.39 Å². The number of anilines is 1. The lowest BCUT2D eigenvalue weighted by molar-refractivity contribution is 0.602. The normalized spacial score (nSPS) is 15.1. The molecular formula is C11H17FN4. The highest BCUT2D eigenvalue weighted by molar-refractivity contribution is 5.36. The van der Waals surface area contributed by atoms with Crippen LogP contribution in [0.25, 0.3) is 0 Å². The summed E-state index contributed by atoms with van der Waals surface area (Å²) in [6.45, 7) is 3.34. The van der Waals surface area contributed by atoms with Gasteiger partial charge in [0.25, 0.3) is 0 Å². The van der Waals surface area contributed by atoms with Gasteiger partial charge in [-0.05, 0) is 32.7 Å². The molecule has 1 aromatic rings. The summed E-state index contributed by atoms with van der Waals surface area (Å²) in [7, 11) is 0. The van der Waals surface area contributed by atoms with E-state index in [1.807, 2.05) is 0 Å². The molecule has 5 heteroatoms. The van der Waals surface area contributed by atoms with Crippen LogP contribution in [0.1, 0.15) is 25.0 Å². The van der Waals surface area contributed by atoms with Crippen LogP contribution in [0, 0.1) is 12.7 Å². The Morgan fingerprint density at radius 2 is 2.19 bits per heavy atom. The summed E-state index contributed by atoms with van der Waals surface area (Å²) in [6.07, 6.45) is 4.95. The lowest BCUT2D eigenvalue weighted by Crippen LogP contribution is -2.20. The van der Waals surface area contributed by atoms with Crippen molar-refractivity contribution in [1.29, 1.82) is 0 Å². The Balaban J connectivity index is 1.69. The topological polar surface area (TPSA) is 49.8 Å². The van der Waals surface area contributed by atoms with E-state index in [1.54, 1.807) is 6.92 Å². The van der Waals surface area contributed by atoms with E-state index in [0.717, 1.165) is 25.6 Å². The van der Waals surface area contributed by atoms with Gasteiger partial charge in [0.05, 0.1) is 5.69 Å². The van der Waals surface area contributed by atoms with Crippen molar-refractivity contribution < 1.29 is 4.39 Å². The summed E-state index contributed by atoms with van der Waals surface area (Å²) >= 11 is 0. The second kappa shape index (κ2) is 5.21. The Kier molecular flexibility index (Phi) is 3.66. The molecule has 0 unspecified atom stereocenters. The maximum absolute atomic E-state index is 13.4. The quantitative estimate of drug-likeness (QED) is 0.719. The second-order valence-electron chi connectivity index (χ2n) is 4.13. The third-order valence-electron chi connectivity index (χ3n) is 2.62. The van der Waals surface area contributed by atoms with E-state index < -0.39 is 0 Å². The maximum Gasteiger partial charge on any atom is 0.186 e. The van der Waals surface area contributed by atoms with E-state index in [4.69, 9.17) is 0 Å². The van der Waals surface area contributed by atoms with Crippen molar-refractivity contribution in [2.45, 2.75) is 32.2 Å². The minimum Gasteiger partial charge on any atom is -0.367 e. The molecule has 0 bridgehead atoms. The van der Waals surface area contributed by atoms with Gasteiger partial charge in [-0.1, -0.05) is 0 Å². The molecule has 1 aliphatic rings. The van der Waals surface area contributed by atoms with Crippen LogP contribution in [0.5, 0.6) is 0 Å². The highest BCUT2D eigenvalue weighted by Gasteiger charge is 2.19. The third-order valence-corrected chi connectivity index (χ3v) is 2.62. The fourth-order valence-electron chi connectivity index (χ4n) is 1.47. The van der Waals surface area contributed by atoms with Gasteiger partial charge < -0.3 is 10.6 Å². The van der Waals surface area contributed by atoms with Gasteiger partial charge in [-0.3, -0.25) is 0 Å². The monoisotopic (exact) mass is 224 g/mol. The van der Waals surface area contributed by atoms with E-state index in [-0.39, 0.29) is 5.82 Å². The average Bonchev–Trinajstić information content (AvgIpc) is 3.07. The minimum absolute atomic E-state index is 0.305. The molecule has 4 nitrogen and oxygen atoms in total. The SMILES string of the molecule is Cc1ncnc(NCCCNC2CC2)c1F. The number of hydrogen-bond acceptors (Lipinski definition) is 4. The number of aryl methyl sites for hydroxylation is 1. The standard InChI is InChI=1S/C11H17FN4/c1-8-10(12)11(16-7-15-8)14-6-2-5-13-9-3-4-9/h7,9,13H,2-6H2,1H3,(H,14,15,16). The molecule has 1 saturated carbocycles. The van der Waals surface area contributed by atoms with E-state index in [1.165, 1.54) is 19.2 Å². The third kappa shape index (κ3) is 3.13. The molecule has 88 valence electrons. The summed E-state index contributed by atoms with van der Waals surface area (Å²) in [6, 6.07) is 0.734. The lowest BCUT2D eigenvalue weighted by atomic mass is 10.3. The number of nitrogens with one attached hydrogen (secondary N) is 2. The average molecular weight is 224 g/mol. The Morgan fingerprint density at radius 1 is 1.38 bits per heavy atom. The molecule has 0 aliphatic heterocycles. The van der Waals surface area contributed by atoms with Crippen LogP contribution in [0.3, 0.4) is 0 Å². The fraction of sp³-hybridized carbons (Fsp3) is 0.636. The van der Waals surface area contributed by atoms with Crippen molar-refractivity contribution in [1.82, 2.24) is 15.3 Å². The Morgan fingerprint density at radius 3 is 2.94 bits per heavy atom. The molecular weight excluding hydrogens is 207 g/mol. The van der Waals surface area contributed by atoms with Gasteiger partial charge in [-0.25, -0.2) is 14.4 Å². The molecule has 0 atom stereocenters. The van der Waals surface area contributed by atoms with Crippen molar-refractivity contribution in [2.75, 3.05) is 18.4 Å². The fourth-order valence-corrected chi connectivity index (χ4v) is 1.47. The van der Waals surface area contributed by atoms with E-state index in [2.05, 4.69) is 20.6 Å². The van der Waals surface area contributed by atoms with Gasteiger partial charge in [-0.2, -0.15) is 0 Å². The van der Waals surface area contributed by atoms with Crippen LogP contribution in [-0.2, 0) is 0 Å². The van der Waals surface area contributed by atoms with Gasteiger partial charge >= 0.3 is 0 Å². The first-order chi connectivity index (χ1) is 7.77. The highest BCUT2D eigenvalue weighted by Crippen LogP contribution is 2.18. The van der Waals surface area contributed by atoms with E-state index in [0.29, 0.717) is 11.5 Å².